The normalized spacial score (nSPS) is 26.1. The number of nitrogens with zero attached hydrogens (tertiary/aromatic N) is 1. The van der Waals surface area contributed by atoms with Crippen molar-refractivity contribution in [3.05, 3.63) is 29.8 Å². The fraction of sp³-hybridized carbons (Fsp3) is 0.667. The largest absolute Gasteiger partial charge is 0.298 e. The Morgan fingerprint density at radius 3 is 2.39 bits per heavy atom. The SMILES string of the molecule is CC(C)Cc1ccc(S(=O)(=O)N[C@@H]2CN(C3CC3)C[C@H]2C)cc1. The van der Waals surface area contributed by atoms with Crippen molar-refractivity contribution in [2.45, 2.75) is 57.0 Å². The van der Waals surface area contributed by atoms with Crippen molar-refractivity contribution in [3.63, 3.8) is 0 Å². The Hall–Kier alpha value is -0.910. The summed E-state index contributed by atoms with van der Waals surface area (Å²) in [6.07, 6.45) is 3.51. The van der Waals surface area contributed by atoms with Crippen LogP contribution in [0.25, 0.3) is 0 Å². The van der Waals surface area contributed by atoms with Crippen molar-refractivity contribution in [2.24, 2.45) is 11.8 Å². The zero-order chi connectivity index (χ0) is 16.6. The van der Waals surface area contributed by atoms with E-state index in [1.54, 1.807) is 12.1 Å². The molecule has 1 aromatic carbocycles. The highest BCUT2D eigenvalue weighted by Crippen LogP contribution is 2.32. The summed E-state index contributed by atoms with van der Waals surface area (Å²) in [6.45, 7) is 8.32. The van der Waals surface area contributed by atoms with Crippen LogP contribution in [0.5, 0.6) is 0 Å². The maximum atomic E-state index is 12.6. The van der Waals surface area contributed by atoms with E-state index >= 15 is 0 Å². The van der Waals surface area contributed by atoms with Gasteiger partial charge in [0.2, 0.25) is 10.0 Å². The summed E-state index contributed by atoms with van der Waals surface area (Å²) in [5, 5.41) is 0. The number of likely N-dealkylation sites (tertiary alicyclic amines) is 1. The van der Waals surface area contributed by atoms with Gasteiger partial charge in [0.25, 0.3) is 0 Å². The second kappa shape index (κ2) is 6.54. The van der Waals surface area contributed by atoms with Gasteiger partial charge in [-0.05, 0) is 48.8 Å². The first kappa shape index (κ1) is 16.9. The lowest BCUT2D eigenvalue weighted by molar-refractivity contribution is 0.315. The van der Waals surface area contributed by atoms with Crippen LogP contribution in [0.3, 0.4) is 0 Å². The lowest BCUT2D eigenvalue weighted by Gasteiger charge is -2.17. The van der Waals surface area contributed by atoms with Crippen LogP contribution in [0.4, 0.5) is 0 Å². The standard InChI is InChI=1S/C18H28N2O2S/c1-13(2)10-15-4-8-17(9-5-15)23(21,22)19-18-12-20(11-14(18)3)16-6-7-16/h4-5,8-9,13-14,16,18-19H,6-7,10-12H2,1-3H3/t14-,18-/m1/s1. The third-order valence-corrected chi connectivity index (χ3v) is 6.39. The summed E-state index contributed by atoms with van der Waals surface area (Å²) >= 11 is 0. The average Bonchev–Trinajstić information content (AvgIpc) is 3.25. The van der Waals surface area contributed by atoms with Crippen molar-refractivity contribution < 1.29 is 8.42 Å². The zero-order valence-corrected chi connectivity index (χ0v) is 15.1. The van der Waals surface area contributed by atoms with E-state index in [2.05, 4.69) is 30.4 Å². The molecule has 0 amide bonds. The molecular weight excluding hydrogens is 308 g/mol. The van der Waals surface area contributed by atoms with Gasteiger partial charge in [-0.2, -0.15) is 0 Å². The molecule has 0 bridgehead atoms. The molecule has 4 nitrogen and oxygen atoms in total. The Kier molecular flexibility index (Phi) is 4.81. The molecule has 1 aromatic rings. The molecule has 23 heavy (non-hydrogen) atoms. The van der Waals surface area contributed by atoms with E-state index in [-0.39, 0.29) is 6.04 Å². The minimum Gasteiger partial charge on any atom is -0.298 e. The maximum Gasteiger partial charge on any atom is 0.240 e. The Balaban J connectivity index is 1.66. The van der Waals surface area contributed by atoms with Gasteiger partial charge in [0, 0.05) is 25.2 Å². The van der Waals surface area contributed by atoms with Crippen LogP contribution in [0.1, 0.15) is 39.2 Å². The fourth-order valence-corrected chi connectivity index (χ4v) is 4.77. The van der Waals surface area contributed by atoms with Gasteiger partial charge in [-0.3, -0.25) is 4.90 Å². The smallest absolute Gasteiger partial charge is 0.240 e. The molecular formula is C18H28N2O2S. The molecule has 0 unspecified atom stereocenters. The van der Waals surface area contributed by atoms with Gasteiger partial charge in [0.05, 0.1) is 4.90 Å². The number of sulfonamides is 1. The third kappa shape index (κ3) is 4.14. The summed E-state index contributed by atoms with van der Waals surface area (Å²) in [6, 6.07) is 8.06. The first-order valence-corrected chi connectivity index (χ1v) is 10.2. The second-order valence-electron chi connectivity index (χ2n) is 7.63. The first-order chi connectivity index (χ1) is 10.8. The van der Waals surface area contributed by atoms with Gasteiger partial charge in [-0.1, -0.05) is 32.9 Å². The predicted octanol–water partition coefficient (Wildman–Crippen LogP) is 2.65. The maximum absolute atomic E-state index is 12.6. The minimum atomic E-state index is -3.43. The molecule has 1 heterocycles. The van der Waals surface area contributed by atoms with Crippen molar-refractivity contribution >= 4 is 10.0 Å². The average molecular weight is 337 g/mol. The monoisotopic (exact) mass is 336 g/mol. The summed E-state index contributed by atoms with van der Waals surface area (Å²) in [5.41, 5.74) is 1.19. The molecule has 3 rings (SSSR count). The van der Waals surface area contributed by atoms with Crippen LogP contribution in [-0.2, 0) is 16.4 Å². The summed E-state index contributed by atoms with van der Waals surface area (Å²) in [4.78, 5) is 2.81. The zero-order valence-electron chi connectivity index (χ0n) is 14.3. The van der Waals surface area contributed by atoms with Crippen molar-refractivity contribution in [1.29, 1.82) is 0 Å². The van der Waals surface area contributed by atoms with Crippen LogP contribution < -0.4 is 4.72 Å². The van der Waals surface area contributed by atoms with E-state index in [4.69, 9.17) is 0 Å². The number of hydrogen-bond donors (Lipinski definition) is 1. The third-order valence-electron chi connectivity index (χ3n) is 4.89. The van der Waals surface area contributed by atoms with E-state index in [0.29, 0.717) is 22.8 Å². The molecule has 2 fully saturated rings. The van der Waals surface area contributed by atoms with E-state index in [9.17, 15) is 8.42 Å². The van der Waals surface area contributed by atoms with Crippen LogP contribution in [0.2, 0.25) is 0 Å². The molecule has 1 aliphatic carbocycles. The van der Waals surface area contributed by atoms with E-state index in [0.717, 1.165) is 19.5 Å². The van der Waals surface area contributed by atoms with E-state index < -0.39 is 10.0 Å². The van der Waals surface area contributed by atoms with Crippen LogP contribution >= 0.6 is 0 Å². The van der Waals surface area contributed by atoms with Gasteiger partial charge in [-0.15, -0.1) is 0 Å². The lowest BCUT2D eigenvalue weighted by Crippen LogP contribution is -2.40. The molecule has 2 atom stereocenters. The van der Waals surface area contributed by atoms with Crippen molar-refractivity contribution in [1.82, 2.24) is 9.62 Å². The molecule has 1 saturated carbocycles. The Morgan fingerprint density at radius 2 is 1.83 bits per heavy atom. The summed E-state index contributed by atoms with van der Waals surface area (Å²) in [7, 11) is -3.43. The number of rotatable bonds is 6. The highest BCUT2D eigenvalue weighted by molar-refractivity contribution is 7.89. The van der Waals surface area contributed by atoms with Crippen LogP contribution in [0, 0.1) is 11.8 Å². The molecule has 0 radical (unpaired) electrons. The minimum absolute atomic E-state index is 0.0240. The molecule has 1 N–H and O–H groups in total. The number of nitrogens with one attached hydrogen (secondary N) is 1. The molecule has 0 spiro atoms. The molecule has 2 aliphatic rings. The quantitative estimate of drug-likeness (QED) is 0.869. The Labute approximate surface area is 140 Å². The van der Waals surface area contributed by atoms with Crippen LogP contribution in [0.15, 0.2) is 29.2 Å². The highest BCUT2D eigenvalue weighted by atomic mass is 32.2. The molecule has 5 heteroatoms. The van der Waals surface area contributed by atoms with Gasteiger partial charge in [-0.25, -0.2) is 13.1 Å². The first-order valence-electron chi connectivity index (χ1n) is 8.70. The van der Waals surface area contributed by atoms with Crippen molar-refractivity contribution in [3.8, 4) is 0 Å². The topological polar surface area (TPSA) is 49.4 Å². The number of benzene rings is 1. The lowest BCUT2D eigenvalue weighted by atomic mass is 10.0. The summed E-state index contributed by atoms with van der Waals surface area (Å²) < 4.78 is 28.2. The van der Waals surface area contributed by atoms with Gasteiger partial charge in [0.15, 0.2) is 0 Å². The molecule has 0 aromatic heterocycles. The summed E-state index contributed by atoms with van der Waals surface area (Å²) in [5.74, 6) is 0.939. The highest BCUT2D eigenvalue weighted by Gasteiger charge is 2.39. The van der Waals surface area contributed by atoms with Crippen LogP contribution in [-0.4, -0.2) is 38.5 Å². The van der Waals surface area contributed by atoms with E-state index in [1.165, 1.54) is 18.4 Å². The fourth-order valence-electron chi connectivity index (χ4n) is 3.44. The van der Waals surface area contributed by atoms with E-state index in [1.807, 2.05) is 12.1 Å². The molecule has 1 saturated heterocycles. The second-order valence-corrected chi connectivity index (χ2v) is 9.35. The van der Waals surface area contributed by atoms with Gasteiger partial charge in [0.1, 0.15) is 0 Å². The predicted molar refractivity (Wildman–Crippen MR) is 92.9 cm³/mol. The van der Waals surface area contributed by atoms with Gasteiger partial charge < -0.3 is 0 Å². The molecule has 1 aliphatic heterocycles. The van der Waals surface area contributed by atoms with Crippen molar-refractivity contribution in [2.75, 3.05) is 13.1 Å². The Bertz CT molecular complexity index is 635. The molecule has 128 valence electrons. The number of hydrogen-bond acceptors (Lipinski definition) is 3. The van der Waals surface area contributed by atoms with Gasteiger partial charge >= 0.3 is 0 Å². The Morgan fingerprint density at radius 1 is 1.17 bits per heavy atom.